The van der Waals surface area contributed by atoms with Crippen molar-refractivity contribution >= 4 is 0 Å². The number of aliphatic hydroxyl groups excluding tert-OH is 2. The molecule has 4 nitrogen and oxygen atoms in total. The van der Waals surface area contributed by atoms with E-state index >= 15 is 0 Å². The second-order valence-electron chi connectivity index (χ2n) is 2.85. The van der Waals surface area contributed by atoms with E-state index in [0.29, 0.717) is 12.8 Å². The molecule has 3 unspecified atom stereocenters. The molecule has 4 heteroatoms. The largest absolute Gasteiger partial charge is 0.389 e. The summed E-state index contributed by atoms with van der Waals surface area (Å²) in [7, 11) is 0. The van der Waals surface area contributed by atoms with Gasteiger partial charge in [0.05, 0.1) is 6.10 Å². The molecule has 1 rings (SSSR count). The molecule has 1 aliphatic rings. The van der Waals surface area contributed by atoms with Gasteiger partial charge in [-0.25, -0.2) is 0 Å². The highest BCUT2D eigenvalue weighted by Gasteiger charge is 2.36. The summed E-state index contributed by atoms with van der Waals surface area (Å²) < 4.78 is 4.87. The van der Waals surface area contributed by atoms with Crippen LogP contribution in [0.15, 0.2) is 0 Å². The lowest BCUT2D eigenvalue weighted by atomic mass is 10.0. The predicted molar refractivity (Wildman–Crippen MR) is 34.9 cm³/mol. The molecule has 0 aromatic heterocycles. The Bertz CT molecular complexity index is 126. The van der Waals surface area contributed by atoms with Gasteiger partial charge in [-0.15, -0.1) is 0 Å². The molecule has 1 saturated heterocycles. The fraction of sp³-hybridized carbons (Fsp3) is 1.00. The van der Waals surface area contributed by atoms with Gasteiger partial charge in [0.1, 0.15) is 5.72 Å². The van der Waals surface area contributed by atoms with Gasteiger partial charge in [0, 0.05) is 6.42 Å². The first-order valence-electron chi connectivity index (χ1n) is 3.35. The summed E-state index contributed by atoms with van der Waals surface area (Å²) in [6, 6.07) is 0. The van der Waals surface area contributed by atoms with E-state index in [1.54, 1.807) is 6.92 Å². The molecule has 0 aromatic rings. The van der Waals surface area contributed by atoms with Gasteiger partial charge in [0.25, 0.3) is 0 Å². The summed E-state index contributed by atoms with van der Waals surface area (Å²) in [6.07, 6.45) is -0.545. The van der Waals surface area contributed by atoms with Crippen molar-refractivity contribution in [2.75, 3.05) is 0 Å². The Labute approximate surface area is 59.6 Å². The van der Waals surface area contributed by atoms with E-state index in [1.165, 1.54) is 0 Å². The lowest BCUT2D eigenvalue weighted by Gasteiger charge is -2.37. The van der Waals surface area contributed by atoms with Crippen molar-refractivity contribution < 1.29 is 14.9 Å². The van der Waals surface area contributed by atoms with Gasteiger partial charge >= 0.3 is 0 Å². The average molecular weight is 147 g/mol. The quantitative estimate of drug-likeness (QED) is 0.417. The summed E-state index contributed by atoms with van der Waals surface area (Å²) in [5.74, 6) is 0. The van der Waals surface area contributed by atoms with Gasteiger partial charge in [0.15, 0.2) is 6.29 Å². The molecular formula is C6H13NO3. The van der Waals surface area contributed by atoms with Crippen molar-refractivity contribution in [1.82, 2.24) is 0 Å². The standard InChI is InChI=1S/C6H13NO3/c1-6(7)4(8)2-3-5(9)10-6/h4-5,8-9H,2-3,7H2,1H3. The van der Waals surface area contributed by atoms with E-state index in [2.05, 4.69) is 0 Å². The van der Waals surface area contributed by atoms with Crippen LogP contribution in [-0.4, -0.2) is 28.3 Å². The van der Waals surface area contributed by atoms with Crippen LogP contribution in [0, 0.1) is 0 Å². The molecule has 60 valence electrons. The number of rotatable bonds is 0. The molecule has 0 aromatic carbocycles. The number of hydrogen-bond donors (Lipinski definition) is 3. The Morgan fingerprint density at radius 1 is 1.50 bits per heavy atom. The third-order valence-electron chi connectivity index (χ3n) is 1.74. The van der Waals surface area contributed by atoms with Crippen molar-refractivity contribution in [3.8, 4) is 0 Å². The number of hydrogen-bond acceptors (Lipinski definition) is 4. The summed E-state index contributed by atoms with van der Waals surface area (Å²) in [5.41, 5.74) is 4.39. The molecule has 1 aliphatic heterocycles. The maximum absolute atomic E-state index is 9.19. The number of ether oxygens (including phenoxy) is 1. The monoisotopic (exact) mass is 147 g/mol. The van der Waals surface area contributed by atoms with E-state index in [9.17, 15) is 5.11 Å². The third-order valence-corrected chi connectivity index (χ3v) is 1.74. The first kappa shape index (κ1) is 7.94. The van der Waals surface area contributed by atoms with E-state index in [-0.39, 0.29) is 0 Å². The topological polar surface area (TPSA) is 75.7 Å². The first-order chi connectivity index (χ1) is 4.52. The molecule has 0 amide bonds. The van der Waals surface area contributed by atoms with Crippen molar-refractivity contribution in [1.29, 1.82) is 0 Å². The average Bonchev–Trinajstić information content (AvgIpc) is 1.78. The van der Waals surface area contributed by atoms with E-state index in [4.69, 9.17) is 15.6 Å². The fourth-order valence-electron chi connectivity index (χ4n) is 1.02. The van der Waals surface area contributed by atoms with Crippen LogP contribution in [0.4, 0.5) is 0 Å². The first-order valence-corrected chi connectivity index (χ1v) is 3.35. The Balaban J connectivity index is 2.55. The molecule has 1 heterocycles. The second-order valence-corrected chi connectivity index (χ2v) is 2.85. The molecule has 0 spiro atoms. The van der Waals surface area contributed by atoms with Crippen LogP contribution < -0.4 is 5.73 Å². The fourth-order valence-corrected chi connectivity index (χ4v) is 1.02. The van der Waals surface area contributed by atoms with Gasteiger partial charge in [0.2, 0.25) is 0 Å². The molecule has 0 bridgehead atoms. The highest BCUT2D eigenvalue weighted by atomic mass is 16.6. The van der Waals surface area contributed by atoms with E-state index < -0.39 is 18.1 Å². The minimum absolute atomic E-state index is 0.452. The lowest BCUT2D eigenvalue weighted by molar-refractivity contribution is -0.243. The van der Waals surface area contributed by atoms with E-state index in [0.717, 1.165) is 0 Å². The van der Waals surface area contributed by atoms with Gasteiger partial charge in [-0.1, -0.05) is 0 Å². The Kier molecular flexibility index (Phi) is 1.96. The molecular weight excluding hydrogens is 134 g/mol. The van der Waals surface area contributed by atoms with Crippen molar-refractivity contribution in [3.05, 3.63) is 0 Å². The van der Waals surface area contributed by atoms with Crippen LogP contribution in [0.1, 0.15) is 19.8 Å². The van der Waals surface area contributed by atoms with Crippen LogP contribution in [0.5, 0.6) is 0 Å². The van der Waals surface area contributed by atoms with Gasteiger partial charge < -0.3 is 20.7 Å². The number of nitrogens with two attached hydrogens (primary N) is 1. The molecule has 0 aliphatic carbocycles. The molecule has 1 fully saturated rings. The van der Waals surface area contributed by atoms with Crippen LogP contribution in [0.3, 0.4) is 0 Å². The molecule has 0 saturated carbocycles. The SMILES string of the molecule is CC1(N)OC(O)CCC1O. The molecule has 0 radical (unpaired) electrons. The third kappa shape index (κ3) is 1.46. The minimum Gasteiger partial charge on any atom is -0.389 e. The van der Waals surface area contributed by atoms with Gasteiger partial charge in [-0.3, -0.25) is 0 Å². The van der Waals surface area contributed by atoms with E-state index in [1.807, 2.05) is 0 Å². The molecule has 3 atom stereocenters. The second kappa shape index (κ2) is 2.47. The Morgan fingerprint density at radius 2 is 2.10 bits per heavy atom. The van der Waals surface area contributed by atoms with Crippen molar-refractivity contribution in [3.63, 3.8) is 0 Å². The summed E-state index contributed by atoms with van der Waals surface area (Å²) in [4.78, 5) is 0. The van der Waals surface area contributed by atoms with Crippen molar-refractivity contribution in [2.24, 2.45) is 5.73 Å². The highest BCUT2D eigenvalue weighted by molar-refractivity contribution is 4.81. The van der Waals surface area contributed by atoms with Crippen LogP contribution in [-0.2, 0) is 4.74 Å². The predicted octanol–water partition coefficient (Wildman–Crippen LogP) is -0.849. The van der Waals surface area contributed by atoms with Gasteiger partial charge in [-0.05, 0) is 13.3 Å². The zero-order chi connectivity index (χ0) is 7.78. The lowest BCUT2D eigenvalue weighted by Crippen LogP contribution is -2.55. The summed E-state index contributed by atoms with van der Waals surface area (Å²) in [6.45, 7) is 1.56. The van der Waals surface area contributed by atoms with Crippen LogP contribution >= 0.6 is 0 Å². The maximum atomic E-state index is 9.19. The van der Waals surface area contributed by atoms with Crippen molar-refractivity contribution in [2.45, 2.75) is 37.9 Å². The zero-order valence-corrected chi connectivity index (χ0v) is 5.95. The smallest absolute Gasteiger partial charge is 0.157 e. The maximum Gasteiger partial charge on any atom is 0.157 e. The highest BCUT2D eigenvalue weighted by Crippen LogP contribution is 2.22. The van der Waals surface area contributed by atoms with Gasteiger partial charge in [-0.2, -0.15) is 0 Å². The van der Waals surface area contributed by atoms with Crippen LogP contribution in [0.2, 0.25) is 0 Å². The number of aliphatic hydroxyl groups is 2. The molecule has 10 heavy (non-hydrogen) atoms. The normalized spacial score (nSPS) is 49.2. The summed E-state index contributed by atoms with van der Waals surface area (Å²) >= 11 is 0. The molecule has 4 N–H and O–H groups in total. The minimum atomic E-state index is -1.09. The Hall–Kier alpha value is -0.160. The summed E-state index contributed by atoms with van der Waals surface area (Å²) in [5, 5.41) is 18.1. The van der Waals surface area contributed by atoms with Crippen LogP contribution in [0.25, 0.3) is 0 Å². The zero-order valence-electron chi connectivity index (χ0n) is 5.95. The Morgan fingerprint density at radius 3 is 2.50 bits per heavy atom.